The molecule has 1 atom stereocenters. The lowest BCUT2D eigenvalue weighted by molar-refractivity contribution is 0.0931. The molecule has 1 aromatic carbocycles. The summed E-state index contributed by atoms with van der Waals surface area (Å²) < 4.78 is 5.71. The van der Waals surface area contributed by atoms with E-state index in [-0.39, 0.29) is 24.0 Å². The summed E-state index contributed by atoms with van der Waals surface area (Å²) in [4.78, 5) is 4.13. The van der Waals surface area contributed by atoms with Crippen LogP contribution in [-0.2, 0) is 11.3 Å². The predicted molar refractivity (Wildman–Crippen MR) is 100 cm³/mol. The van der Waals surface area contributed by atoms with Crippen molar-refractivity contribution >= 4 is 29.9 Å². The molecular formula is C16H26IN3O. The average molecular weight is 403 g/mol. The van der Waals surface area contributed by atoms with E-state index in [0.29, 0.717) is 19.1 Å². The van der Waals surface area contributed by atoms with Gasteiger partial charge in [0.2, 0.25) is 0 Å². The van der Waals surface area contributed by atoms with Crippen molar-refractivity contribution in [3.8, 4) is 0 Å². The summed E-state index contributed by atoms with van der Waals surface area (Å²) in [5.41, 5.74) is 1.20. The summed E-state index contributed by atoms with van der Waals surface area (Å²) >= 11 is 0. The Morgan fingerprint density at radius 1 is 1.33 bits per heavy atom. The molecule has 0 saturated heterocycles. The lowest BCUT2D eigenvalue weighted by Crippen LogP contribution is -2.40. The van der Waals surface area contributed by atoms with Gasteiger partial charge in [0.1, 0.15) is 0 Å². The highest BCUT2D eigenvalue weighted by atomic mass is 127. The Labute approximate surface area is 145 Å². The molecule has 21 heavy (non-hydrogen) atoms. The van der Waals surface area contributed by atoms with Gasteiger partial charge < -0.3 is 15.4 Å². The number of nitrogens with one attached hydrogen (secondary N) is 2. The Kier molecular flexibility index (Phi) is 12.0. The maximum absolute atomic E-state index is 5.71. The minimum Gasteiger partial charge on any atom is -0.376 e. The van der Waals surface area contributed by atoms with Crippen molar-refractivity contribution in [2.24, 2.45) is 10.9 Å². The Bertz CT molecular complexity index is 409. The lowest BCUT2D eigenvalue weighted by Gasteiger charge is -2.15. The van der Waals surface area contributed by atoms with E-state index in [1.807, 2.05) is 18.2 Å². The number of aliphatic imine (C=N–C) groups is 1. The van der Waals surface area contributed by atoms with Crippen LogP contribution in [0.5, 0.6) is 0 Å². The molecule has 1 unspecified atom stereocenters. The van der Waals surface area contributed by atoms with Crippen LogP contribution in [0, 0.1) is 5.92 Å². The number of benzene rings is 1. The van der Waals surface area contributed by atoms with Crippen molar-refractivity contribution in [3.63, 3.8) is 0 Å². The van der Waals surface area contributed by atoms with E-state index in [0.717, 1.165) is 19.1 Å². The maximum Gasteiger partial charge on any atom is 0.191 e. The molecule has 4 nitrogen and oxygen atoms in total. The highest BCUT2D eigenvalue weighted by molar-refractivity contribution is 14.0. The van der Waals surface area contributed by atoms with Gasteiger partial charge in [0.25, 0.3) is 0 Å². The first-order valence-corrected chi connectivity index (χ1v) is 6.93. The van der Waals surface area contributed by atoms with Gasteiger partial charge in [0.05, 0.1) is 13.2 Å². The van der Waals surface area contributed by atoms with Gasteiger partial charge in [-0.25, -0.2) is 0 Å². The normalized spacial score (nSPS) is 12.2. The van der Waals surface area contributed by atoms with Crippen LogP contribution >= 0.6 is 24.0 Å². The third-order valence-corrected chi connectivity index (χ3v) is 2.77. The van der Waals surface area contributed by atoms with Crippen molar-refractivity contribution in [1.29, 1.82) is 0 Å². The predicted octanol–water partition coefficient (Wildman–Crippen LogP) is 2.81. The SMILES string of the molecule is C=CCNC(=NC)NCC(C)COCc1ccccc1.I. The number of ether oxygens (including phenoxy) is 1. The Morgan fingerprint density at radius 3 is 2.67 bits per heavy atom. The van der Waals surface area contributed by atoms with E-state index in [4.69, 9.17) is 4.74 Å². The summed E-state index contributed by atoms with van der Waals surface area (Å²) in [6.07, 6.45) is 1.80. The quantitative estimate of drug-likeness (QED) is 0.304. The molecule has 0 amide bonds. The minimum absolute atomic E-state index is 0. The van der Waals surface area contributed by atoms with E-state index < -0.39 is 0 Å². The van der Waals surface area contributed by atoms with E-state index in [2.05, 4.69) is 41.3 Å². The lowest BCUT2D eigenvalue weighted by atomic mass is 10.2. The van der Waals surface area contributed by atoms with Gasteiger partial charge in [-0.15, -0.1) is 30.6 Å². The van der Waals surface area contributed by atoms with E-state index in [9.17, 15) is 0 Å². The molecule has 5 heteroatoms. The zero-order valence-corrected chi connectivity index (χ0v) is 15.2. The summed E-state index contributed by atoms with van der Waals surface area (Å²) in [6.45, 7) is 8.73. The molecule has 0 saturated carbocycles. The molecule has 0 fully saturated rings. The first-order chi connectivity index (χ1) is 9.76. The summed E-state index contributed by atoms with van der Waals surface area (Å²) in [6, 6.07) is 10.2. The Hall–Kier alpha value is -1.08. The zero-order valence-electron chi connectivity index (χ0n) is 12.8. The average Bonchev–Trinajstić information content (AvgIpc) is 2.48. The van der Waals surface area contributed by atoms with Crippen molar-refractivity contribution in [2.75, 3.05) is 26.7 Å². The van der Waals surface area contributed by atoms with Crippen LogP contribution in [0.15, 0.2) is 48.0 Å². The van der Waals surface area contributed by atoms with Gasteiger partial charge in [-0.1, -0.05) is 43.3 Å². The van der Waals surface area contributed by atoms with Crippen LogP contribution in [0.25, 0.3) is 0 Å². The van der Waals surface area contributed by atoms with E-state index in [1.165, 1.54) is 5.56 Å². The van der Waals surface area contributed by atoms with Crippen LogP contribution in [0.1, 0.15) is 12.5 Å². The zero-order chi connectivity index (χ0) is 14.6. The molecule has 1 rings (SSSR count). The number of guanidine groups is 1. The summed E-state index contributed by atoms with van der Waals surface area (Å²) in [7, 11) is 1.76. The molecule has 2 N–H and O–H groups in total. The second kappa shape index (κ2) is 12.6. The van der Waals surface area contributed by atoms with Gasteiger partial charge in [-0.3, -0.25) is 4.99 Å². The highest BCUT2D eigenvalue weighted by Crippen LogP contribution is 2.02. The van der Waals surface area contributed by atoms with Gasteiger partial charge in [0, 0.05) is 20.1 Å². The summed E-state index contributed by atoms with van der Waals surface area (Å²) in [5.74, 6) is 1.21. The largest absolute Gasteiger partial charge is 0.376 e. The summed E-state index contributed by atoms with van der Waals surface area (Å²) in [5, 5.41) is 6.40. The molecule has 0 spiro atoms. The number of halogens is 1. The second-order valence-electron chi connectivity index (χ2n) is 4.73. The monoisotopic (exact) mass is 403 g/mol. The molecule has 0 aliphatic carbocycles. The number of nitrogens with zero attached hydrogens (tertiary/aromatic N) is 1. The maximum atomic E-state index is 5.71. The first-order valence-electron chi connectivity index (χ1n) is 6.93. The molecule has 0 radical (unpaired) electrons. The van der Waals surface area contributed by atoms with Gasteiger partial charge in [0.15, 0.2) is 5.96 Å². The van der Waals surface area contributed by atoms with Gasteiger partial charge in [-0.05, 0) is 11.5 Å². The first kappa shape index (κ1) is 19.9. The Balaban J connectivity index is 0.00000400. The highest BCUT2D eigenvalue weighted by Gasteiger charge is 2.04. The van der Waals surface area contributed by atoms with Crippen LogP contribution in [-0.4, -0.2) is 32.7 Å². The third kappa shape index (κ3) is 9.47. The second-order valence-corrected chi connectivity index (χ2v) is 4.73. The van der Waals surface area contributed by atoms with Crippen LogP contribution in [0.4, 0.5) is 0 Å². The van der Waals surface area contributed by atoms with Gasteiger partial charge >= 0.3 is 0 Å². The van der Waals surface area contributed by atoms with E-state index in [1.54, 1.807) is 13.1 Å². The van der Waals surface area contributed by atoms with Crippen molar-refractivity contribution in [1.82, 2.24) is 10.6 Å². The van der Waals surface area contributed by atoms with Crippen LogP contribution in [0.3, 0.4) is 0 Å². The number of hydrogen-bond donors (Lipinski definition) is 2. The van der Waals surface area contributed by atoms with E-state index >= 15 is 0 Å². The van der Waals surface area contributed by atoms with Crippen LogP contribution < -0.4 is 10.6 Å². The van der Waals surface area contributed by atoms with Crippen molar-refractivity contribution in [3.05, 3.63) is 48.6 Å². The fraction of sp³-hybridized carbons (Fsp3) is 0.438. The molecule has 0 heterocycles. The van der Waals surface area contributed by atoms with Crippen molar-refractivity contribution < 1.29 is 4.74 Å². The number of rotatable bonds is 8. The molecule has 1 aromatic rings. The standard InChI is InChI=1S/C16H25N3O.HI/c1-4-10-18-16(17-3)19-11-14(2)12-20-13-15-8-6-5-7-9-15;/h4-9,14H,1,10-13H2,2-3H3,(H2,17,18,19);1H. The molecule has 0 aliphatic rings. The van der Waals surface area contributed by atoms with Crippen LogP contribution in [0.2, 0.25) is 0 Å². The smallest absolute Gasteiger partial charge is 0.191 e. The third-order valence-electron chi connectivity index (χ3n) is 2.77. The molecule has 0 aromatic heterocycles. The minimum atomic E-state index is 0. The molecular weight excluding hydrogens is 377 g/mol. The van der Waals surface area contributed by atoms with Crippen molar-refractivity contribution in [2.45, 2.75) is 13.5 Å². The van der Waals surface area contributed by atoms with Gasteiger partial charge in [-0.2, -0.15) is 0 Å². The fourth-order valence-corrected chi connectivity index (χ4v) is 1.67. The number of hydrogen-bond acceptors (Lipinski definition) is 2. The molecule has 0 aliphatic heterocycles. The topological polar surface area (TPSA) is 45.7 Å². The Morgan fingerprint density at radius 2 is 2.05 bits per heavy atom. The molecule has 118 valence electrons. The fourth-order valence-electron chi connectivity index (χ4n) is 1.67. The molecule has 0 bridgehead atoms.